The minimum absolute atomic E-state index is 0.199. The van der Waals surface area contributed by atoms with Crippen LogP contribution in [0.25, 0.3) is 0 Å². The molecule has 0 aromatic heterocycles. The van der Waals surface area contributed by atoms with Crippen LogP contribution in [-0.2, 0) is 13.6 Å². The highest BCUT2D eigenvalue weighted by Crippen LogP contribution is 2.43. The molecule has 0 aliphatic carbocycles. The minimum atomic E-state index is -3.84. The Morgan fingerprint density at radius 3 is 2.60 bits per heavy atom. The molecule has 1 unspecified atom stereocenters. The van der Waals surface area contributed by atoms with E-state index in [4.69, 9.17) is 16.5 Å². The van der Waals surface area contributed by atoms with Gasteiger partial charge >= 0.3 is 7.82 Å². The molecule has 0 aromatic rings. The zero-order chi connectivity index (χ0) is 8.04. The standard InChI is InChI=1S/C4H10ClO4P/c1-2-3-8-10(6,7)9-4-5/h2-4H2,1H3,(H,6,7). The van der Waals surface area contributed by atoms with Crippen LogP contribution in [0.1, 0.15) is 13.3 Å². The monoisotopic (exact) mass is 188 g/mol. The maximum absolute atomic E-state index is 10.6. The first-order chi connectivity index (χ1) is 4.62. The Hall–Kier alpha value is 0.400. The van der Waals surface area contributed by atoms with Crippen LogP contribution in [0.3, 0.4) is 0 Å². The van der Waals surface area contributed by atoms with Crippen molar-refractivity contribution in [1.29, 1.82) is 0 Å². The molecule has 0 radical (unpaired) electrons. The topological polar surface area (TPSA) is 55.8 Å². The fourth-order valence-electron chi connectivity index (χ4n) is 0.306. The molecular formula is C4H10ClO4P. The second-order valence-corrected chi connectivity index (χ2v) is 3.21. The lowest BCUT2D eigenvalue weighted by molar-refractivity contribution is 0.167. The summed E-state index contributed by atoms with van der Waals surface area (Å²) in [4.78, 5) is 8.67. The van der Waals surface area contributed by atoms with Gasteiger partial charge in [0.05, 0.1) is 6.61 Å². The van der Waals surface area contributed by atoms with Crippen LogP contribution in [0.15, 0.2) is 0 Å². The third-order valence-electron chi connectivity index (χ3n) is 0.670. The second-order valence-electron chi connectivity index (χ2n) is 1.54. The van der Waals surface area contributed by atoms with E-state index in [0.29, 0.717) is 6.42 Å². The fourth-order valence-corrected chi connectivity index (χ4v) is 1.29. The Balaban J connectivity index is 3.53. The number of hydrogen-bond acceptors (Lipinski definition) is 3. The van der Waals surface area contributed by atoms with Gasteiger partial charge in [0.1, 0.15) is 6.07 Å². The van der Waals surface area contributed by atoms with Crippen molar-refractivity contribution in [3.8, 4) is 0 Å². The lowest BCUT2D eigenvalue weighted by Gasteiger charge is -2.08. The molecule has 0 spiro atoms. The van der Waals surface area contributed by atoms with Crippen molar-refractivity contribution in [2.45, 2.75) is 13.3 Å². The van der Waals surface area contributed by atoms with Gasteiger partial charge in [-0.05, 0) is 6.42 Å². The third kappa shape index (κ3) is 5.21. The van der Waals surface area contributed by atoms with Gasteiger partial charge in [0, 0.05) is 0 Å². The molecule has 0 heterocycles. The van der Waals surface area contributed by atoms with Gasteiger partial charge in [0.15, 0.2) is 0 Å². The molecule has 0 aliphatic heterocycles. The fraction of sp³-hybridized carbons (Fsp3) is 1.00. The summed E-state index contributed by atoms with van der Waals surface area (Å²) in [5, 5.41) is 0. The summed E-state index contributed by atoms with van der Waals surface area (Å²) < 4.78 is 19.2. The number of alkyl halides is 1. The first kappa shape index (κ1) is 10.4. The van der Waals surface area contributed by atoms with Gasteiger partial charge in [-0.2, -0.15) is 0 Å². The van der Waals surface area contributed by atoms with Crippen LogP contribution in [0, 0.1) is 0 Å². The molecule has 0 aromatic carbocycles. The Labute approximate surface area is 64.7 Å². The van der Waals surface area contributed by atoms with E-state index in [9.17, 15) is 4.57 Å². The highest BCUT2D eigenvalue weighted by molar-refractivity contribution is 7.47. The SMILES string of the molecule is CCCOP(=O)(O)OCCl. The summed E-state index contributed by atoms with van der Waals surface area (Å²) in [6.45, 7) is 2.02. The van der Waals surface area contributed by atoms with Crippen molar-refractivity contribution >= 4 is 19.4 Å². The van der Waals surface area contributed by atoms with Crippen molar-refractivity contribution < 1.29 is 18.5 Å². The largest absolute Gasteiger partial charge is 0.473 e. The summed E-state index contributed by atoms with van der Waals surface area (Å²) in [7, 11) is -3.84. The van der Waals surface area contributed by atoms with Crippen molar-refractivity contribution in [3.63, 3.8) is 0 Å². The minimum Gasteiger partial charge on any atom is -0.302 e. The zero-order valence-corrected chi connectivity index (χ0v) is 7.27. The van der Waals surface area contributed by atoms with Crippen LogP contribution < -0.4 is 0 Å². The maximum atomic E-state index is 10.6. The predicted molar refractivity (Wildman–Crippen MR) is 37.9 cm³/mol. The Bertz CT molecular complexity index is 128. The molecule has 0 rings (SSSR count). The summed E-state index contributed by atoms with van der Waals surface area (Å²) in [5.74, 6) is 0. The van der Waals surface area contributed by atoms with E-state index in [-0.39, 0.29) is 12.7 Å². The highest BCUT2D eigenvalue weighted by atomic mass is 35.5. The molecule has 62 valence electrons. The maximum Gasteiger partial charge on any atom is 0.473 e. The highest BCUT2D eigenvalue weighted by Gasteiger charge is 2.18. The Morgan fingerprint density at radius 2 is 2.20 bits per heavy atom. The van der Waals surface area contributed by atoms with E-state index in [1.54, 1.807) is 0 Å². The normalized spacial score (nSPS) is 16.7. The van der Waals surface area contributed by atoms with E-state index in [1.807, 2.05) is 6.92 Å². The third-order valence-corrected chi connectivity index (χ3v) is 1.90. The summed E-state index contributed by atoms with van der Waals surface area (Å²) in [5.41, 5.74) is 0. The molecule has 0 saturated heterocycles. The smallest absolute Gasteiger partial charge is 0.302 e. The van der Waals surface area contributed by atoms with Gasteiger partial charge in [-0.25, -0.2) is 4.57 Å². The zero-order valence-electron chi connectivity index (χ0n) is 5.62. The number of hydrogen-bond donors (Lipinski definition) is 1. The van der Waals surface area contributed by atoms with Gasteiger partial charge in [0.2, 0.25) is 0 Å². The Morgan fingerprint density at radius 1 is 1.60 bits per heavy atom. The number of halogens is 1. The summed E-state index contributed by atoms with van der Waals surface area (Å²) in [6.07, 6.45) is 0.663. The Kier molecular flexibility index (Phi) is 5.31. The van der Waals surface area contributed by atoms with E-state index >= 15 is 0 Å². The van der Waals surface area contributed by atoms with Crippen LogP contribution in [0.2, 0.25) is 0 Å². The number of rotatable bonds is 5. The summed E-state index contributed by atoms with van der Waals surface area (Å²) >= 11 is 5.03. The molecule has 0 fully saturated rings. The molecule has 0 saturated carbocycles. The second kappa shape index (κ2) is 5.10. The number of phosphoric ester groups is 1. The van der Waals surface area contributed by atoms with E-state index in [1.165, 1.54) is 0 Å². The van der Waals surface area contributed by atoms with Crippen molar-refractivity contribution in [1.82, 2.24) is 0 Å². The molecule has 0 amide bonds. The van der Waals surface area contributed by atoms with Crippen molar-refractivity contribution in [2.24, 2.45) is 0 Å². The van der Waals surface area contributed by atoms with Gasteiger partial charge in [0.25, 0.3) is 0 Å². The average Bonchev–Trinajstić information content (AvgIpc) is 1.84. The first-order valence-electron chi connectivity index (χ1n) is 2.80. The van der Waals surface area contributed by atoms with Gasteiger partial charge in [-0.3, -0.25) is 9.05 Å². The van der Waals surface area contributed by atoms with Crippen molar-refractivity contribution in [3.05, 3.63) is 0 Å². The van der Waals surface area contributed by atoms with Crippen LogP contribution >= 0.6 is 19.4 Å². The number of phosphoric acid groups is 1. The quantitative estimate of drug-likeness (QED) is 0.527. The lowest BCUT2D eigenvalue weighted by atomic mass is 10.5. The molecule has 6 heteroatoms. The van der Waals surface area contributed by atoms with Crippen LogP contribution in [0.5, 0.6) is 0 Å². The molecule has 10 heavy (non-hydrogen) atoms. The van der Waals surface area contributed by atoms with Gasteiger partial charge in [-0.15, -0.1) is 0 Å². The average molecular weight is 189 g/mol. The predicted octanol–water partition coefficient (Wildman–Crippen LogP) is 1.73. The first-order valence-corrected chi connectivity index (χ1v) is 4.83. The molecule has 4 nitrogen and oxygen atoms in total. The van der Waals surface area contributed by atoms with E-state index in [2.05, 4.69) is 9.05 Å². The molecule has 1 atom stereocenters. The van der Waals surface area contributed by atoms with Gasteiger partial charge < -0.3 is 4.89 Å². The van der Waals surface area contributed by atoms with Crippen molar-refractivity contribution in [2.75, 3.05) is 12.7 Å². The lowest BCUT2D eigenvalue weighted by Crippen LogP contribution is -1.94. The van der Waals surface area contributed by atoms with Crippen LogP contribution in [0.4, 0.5) is 0 Å². The molecular weight excluding hydrogens is 178 g/mol. The molecule has 1 N–H and O–H groups in total. The van der Waals surface area contributed by atoms with E-state index < -0.39 is 7.82 Å². The summed E-state index contributed by atoms with van der Waals surface area (Å²) in [6, 6.07) is -0.336. The van der Waals surface area contributed by atoms with Gasteiger partial charge in [-0.1, -0.05) is 18.5 Å². The molecule has 0 aliphatic rings. The van der Waals surface area contributed by atoms with E-state index in [0.717, 1.165) is 0 Å². The molecule has 0 bridgehead atoms. The van der Waals surface area contributed by atoms with Crippen LogP contribution in [-0.4, -0.2) is 17.6 Å².